The fourth-order valence-electron chi connectivity index (χ4n) is 2.87. The minimum Gasteiger partial charge on any atom is -0.394 e. The number of hydrogen-bond donors (Lipinski definition) is 2. The smallest absolute Gasteiger partial charge is 0.317 e. The highest BCUT2D eigenvalue weighted by atomic mass is 32.2. The van der Waals surface area contributed by atoms with Gasteiger partial charge in [0.1, 0.15) is 0 Å². The lowest BCUT2D eigenvalue weighted by molar-refractivity contribution is 0.0678. The Morgan fingerprint density at radius 3 is 2.68 bits per heavy atom. The summed E-state index contributed by atoms with van der Waals surface area (Å²) in [6, 6.07) is -0.0203. The zero-order valence-corrected chi connectivity index (χ0v) is 13.4. The number of aliphatic hydroxyl groups excluding tert-OH is 1. The summed E-state index contributed by atoms with van der Waals surface area (Å²) in [5.41, 5.74) is -0.346. The van der Waals surface area contributed by atoms with E-state index in [1.807, 2.05) is 11.2 Å². The van der Waals surface area contributed by atoms with Crippen molar-refractivity contribution in [3.8, 4) is 0 Å². The van der Waals surface area contributed by atoms with Crippen LogP contribution in [0, 0.1) is 5.92 Å². The summed E-state index contributed by atoms with van der Waals surface area (Å²) in [7, 11) is 0. The number of rotatable bonds is 6. The Morgan fingerprint density at radius 2 is 2.16 bits per heavy atom. The number of carbonyl (C=O) groups is 1. The molecule has 0 radical (unpaired) electrons. The van der Waals surface area contributed by atoms with Crippen LogP contribution in [0.3, 0.4) is 0 Å². The van der Waals surface area contributed by atoms with E-state index in [0.29, 0.717) is 17.7 Å². The van der Waals surface area contributed by atoms with Crippen LogP contribution in [0.2, 0.25) is 0 Å². The number of nitrogens with zero attached hydrogens (tertiary/aromatic N) is 1. The minimum atomic E-state index is -0.346. The lowest BCUT2D eigenvalue weighted by Crippen LogP contribution is -2.54. The molecular weight excluding hydrogens is 260 g/mol. The lowest BCUT2D eigenvalue weighted by Gasteiger charge is -2.38. The molecule has 112 valence electrons. The monoisotopic (exact) mass is 288 g/mol. The molecule has 1 saturated heterocycles. The van der Waals surface area contributed by atoms with E-state index < -0.39 is 0 Å². The molecule has 4 nitrogen and oxygen atoms in total. The van der Waals surface area contributed by atoms with E-state index in [1.54, 1.807) is 11.8 Å². The van der Waals surface area contributed by atoms with Gasteiger partial charge in [-0.25, -0.2) is 4.79 Å². The van der Waals surface area contributed by atoms with Crippen LogP contribution in [0.5, 0.6) is 0 Å². The standard InChI is InChI=1S/C14H28N2O2S/c1-11(2)8-14(10-17)6-5-7-16(14)13(18)15-9-12(3)19-4/h11-12,17H,5-10H2,1-4H3,(H,15,18). The highest BCUT2D eigenvalue weighted by molar-refractivity contribution is 7.99. The summed E-state index contributed by atoms with van der Waals surface area (Å²) in [6.45, 7) is 7.88. The largest absolute Gasteiger partial charge is 0.394 e. The zero-order chi connectivity index (χ0) is 14.5. The summed E-state index contributed by atoms with van der Waals surface area (Å²) in [5, 5.41) is 13.2. The van der Waals surface area contributed by atoms with E-state index in [2.05, 4.69) is 26.1 Å². The molecule has 0 aliphatic carbocycles. The van der Waals surface area contributed by atoms with Gasteiger partial charge in [-0.05, 0) is 31.4 Å². The summed E-state index contributed by atoms with van der Waals surface area (Å²) < 4.78 is 0. The van der Waals surface area contributed by atoms with Crippen LogP contribution in [0.4, 0.5) is 4.79 Å². The molecule has 2 unspecified atom stereocenters. The van der Waals surface area contributed by atoms with Crippen molar-refractivity contribution in [2.45, 2.75) is 50.8 Å². The molecule has 1 heterocycles. The predicted octanol–water partition coefficient (Wildman–Crippen LogP) is 2.32. The Balaban J connectivity index is 2.65. The Hall–Kier alpha value is -0.420. The maximum Gasteiger partial charge on any atom is 0.317 e. The number of hydrogen-bond acceptors (Lipinski definition) is 3. The van der Waals surface area contributed by atoms with Gasteiger partial charge in [0.25, 0.3) is 0 Å². The first-order valence-electron chi connectivity index (χ1n) is 7.14. The Kier molecular flexibility index (Phi) is 6.47. The van der Waals surface area contributed by atoms with Crippen molar-refractivity contribution in [2.24, 2.45) is 5.92 Å². The molecule has 1 rings (SSSR count). The fraction of sp³-hybridized carbons (Fsp3) is 0.929. The lowest BCUT2D eigenvalue weighted by atomic mass is 9.87. The van der Waals surface area contributed by atoms with E-state index in [1.165, 1.54) is 0 Å². The van der Waals surface area contributed by atoms with Crippen molar-refractivity contribution >= 4 is 17.8 Å². The van der Waals surface area contributed by atoms with E-state index >= 15 is 0 Å². The maximum absolute atomic E-state index is 12.3. The Bertz CT molecular complexity index is 299. The first kappa shape index (κ1) is 16.6. The average molecular weight is 288 g/mol. The summed E-state index contributed by atoms with van der Waals surface area (Å²) in [6.07, 6.45) is 4.81. The highest BCUT2D eigenvalue weighted by Gasteiger charge is 2.43. The summed E-state index contributed by atoms with van der Waals surface area (Å²) in [4.78, 5) is 14.2. The molecule has 1 aliphatic heterocycles. The Morgan fingerprint density at radius 1 is 1.47 bits per heavy atom. The third kappa shape index (κ3) is 4.28. The third-order valence-electron chi connectivity index (χ3n) is 3.87. The van der Waals surface area contributed by atoms with Crippen molar-refractivity contribution in [1.82, 2.24) is 10.2 Å². The van der Waals surface area contributed by atoms with Gasteiger partial charge in [-0.3, -0.25) is 0 Å². The molecule has 19 heavy (non-hydrogen) atoms. The second-order valence-electron chi connectivity index (χ2n) is 5.97. The van der Waals surface area contributed by atoms with E-state index in [9.17, 15) is 9.90 Å². The second-order valence-corrected chi connectivity index (χ2v) is 7.24. The number of amides is 2. The van der Waals surface area contributed by atoms with Gasteiger partial charge in [0.15, 0.2) is 0 Å². The molecule has 0 saturated carbocycles. The van der Waals surface area contributed by atoms with Gasteiger partial charge in [0.2, 0.25) is 0 Å². The molecule has 0 aromatic heterocycles. The van der Waals surface area contributed by atoms with E-state index in [0.717, 1.165) is 25.8 Å². The van der Waals surface area contributed by atoms with Crippen LogP contribution in [-0.4, -0.2) is 52.8 Å². The van der Waals surface area contributed by atoms with Crippen molar-refractivity contribution < 1.29 is 9.90 Å². The maximum atomic E-state index is 12.3. The second kappa shape index (κ2) is 7.39. The SMILES string of the molecule is CSC(C)CNC(=O)N1CCCC1(CO)CC(C)C. The van der Waals surface area contributed by atoms with Crippen LogP contribution in [0.15, 0.2) is 0 Å². The highest BCUT2D eigenvalue weighted by Crippen LogP contribution is 2.34. The first-order valence-corrected chi connectivity index (χ1v) is 8.43. The van der Waals surface area contributed by atoms with Gasteiger partial charge in [-0.15, -0.1) is 0 Å². The van der Waals surface area contributed by atoms with Gasteiger partial charge in [0.05, 0.1) is 12.1 Å². The number of nitrogens with one attached hydrogen (secondary N) is 1. The quantitative estimate of drug-likeness (QED) is 0.788. The number of urea groups is 1. The van der Waals surface area contributed by atoms with Crippen LogP contribution in [-0.2, 0) is 0 Å². The number of likely N-dealkylation sites (tertiary alicyclic amines) is 1. The minimum absolute atomic E-state index is 0.0203. The van der Waals surface area contributed by atoms with E-state index in [-0.39, 0.29) is 18.2 Å². The van der Waals surface area contributed by atoms with Crippen molar-refractivity contribution in [3.63, 3.8) is 0 Å². The molecule has 0 aromatic rings. The molecule has 1 aliphatic rings. The van der Waals surface area contributed by atoms with Gasteiger partial charge in [-0.2, -0.15) is 11.8 Å². The molecule has 2 atom stereocenters. The average Bonchev–Trinajstić information content (AvgIpc) is 2.78. The summed E-state index contributed by atoms with van der Waals surface area (Å²) >= 11 is 1.74. The molecule has 0 spiro atoms. The van der Waals surface area contributed by atoms with Crippen LogP contribution >= 0.6 is 11.8 Å². The molecule has 2 amide bonds. The molecule has 0 aromatic carbocycles. The molecule has 5 heteroatoms. The molecule has 0 bridgehead atoms. The molecule has 2 N–H and O–H groups in total. The number of carbonyl (C=O) groups excluding carboxylic acids is 1. The molecule has 1 fully saturated rings. The topological polar surface area (TPSA) is 52.6 Å². The zero-order valence-electron chi connectivity index (χ0n) is 12.6. The van der Waals surface area contributed by atoms with E-state index in [4.69, 9.17) is 0 Å². The number of aliphatic hydroxyl groups is 1. The van der Waals surface area contributed by atoms with Crippen molar-refractivity contribution in [1.29, 1.82) is 0 Å². The van der Waals surface area contributed by atoms with Gasteiger partial charge < -0.3 is 15.3 Å². The van der Waals surface area contributed by atoms with Crippen LogP contribution in [0.1, 0.15) is 40.0 Å². The van der Waals surface area contributed by atoms with Crippen LogP contribution in [0.25, 0.3) is 0 Å². The molecular formula is C14H28N2O2S. The first-order chi connectivity index (χ1) is 8.95. The van der Waals surface area contributed by atoms with Crippen LogP contribution < -0.4 is 5.32 Å². The van der Waals surface area contributed by atoms with Gasteiger partial charge >= 0.3 is 6.03 Å². The van der Waals surface area contributed by atoms with Crippen molar-refractivity contribution in [3.05, 3.63) is 0 Å². The normalized spacial score (nSPS) is 24.8. The number of thioether (sulfide) groups is 1. The van der Waals surface area contributed by atoms with Gasteiger partial charge in [-0.1, -0.05) is 20.8 Å². The predicted molar refractivity (Wildman–Crippen MR) is 81.6 cm³/mol. The van der Waals surface area contributed by atoms with Crippen molar-refractivity contribution in [2.75, 3.05) is 26.0 Å². The third-order valence-corrected chi connectivity index (χ3v) is 4.84. The van der Waals surface area contributed by atoms with Gasteiger partial charge in [0, 0.05) is 18.3 Å². The fourth-order valence-corrected chi connectivity index (χ4v) is 3.12. The Labute approximate surface area is 121 Å². The summed E-state index contributed by atoms with van der Waals surface area (Å²) in [5.74, 6) is 0.477.